The summed E-state index contributed by atoms with van der Waals surface area (Å²) in [5.74, 6) is -1.54. The van der Waals surface area contributed by atoms with Gasteiger partial charge in [0.1, 0.15) is 0 Å². The second-order valence-electron chi connectivity index (χ2n) is 3.88. The van der Waals surface area contributed by atoms with E-state index in [0.717, 1.165) is 6.07 Å². The maximum Gasteiger partial charge on any atom is 0.416 e. The molecule has 0 aliphatic rings. The zero-order valence-corrected chi connectivity index (χ0v) is 10.2. The summed E-state index contributed by atoms with van der Waals surface area (Å²) in [6, 6.07) is 6.69. The highest BCUT2D eigenvalue weighted by atomic mass is 19.4. The normalized spacial score (nSPS) is 12.6. The van der Waals surface area contributed by atoms with Crippen molar-refractivity contribution >= 4 is 5.97 Å². The summed E-state index contributed by atoms with van der Waals surface area (Å²) >= 11 is 0. The Morgan fingerprint density at radius 2 is 2.05 bits per heavy atom. The first-order valence-corrected chi connectivity index (χ1v) is 5.52. The van der Waals surface area contributed by atoms with E-state index in [4.69, 9.17) is 5.26 Å². The minimum atomic E-state index is -4.52. The predicted octanol–water partition coefficient (Wildman–Crippen LogP) is 3.27. The minimum Gasteiger partial charge on any atom is -0.469 e. The average Bonchev–Trinajstić information content (AvgIpc) is 2.38. The van der Waals surface area contributed by atoms with E-state index in [2.05, 4.69) is 4.74 Å². The predicted molar refractivity (Wildman–Crippen MR) is 61.0 cm³/mol. The van der Waals surface area contributed by atoms with Crippen LogP contribution in [0.25, 0.3) is 0 Å². The number of hydrogen-bond acceptors (Lipinski definition) is 3. The molecule has 0 N–H and O–H groups in total. The number of esters is 1. The van der Waals surface area contributed by atoms with Crippen LogP contribution in [0.5, 0.6) is 0 Å². The number of alkyl halides is 3. The molecular weight excluding hydrogens is 259 g/mol. The highest BCUT2D eigenvalue weighted by Gasteiger charge is 2.35. The molecule has 1 unspecified atom stereocenters. The number of benzene rings is 1. The number of ether oxygens (including phenoxy) is 1. The SMILES string of the molecule is COC(=O)CCC(C#N)c1ccccc1C(F)(F)F. The van der Waals surface area contributed by atoms with Crippen LogP contribution in [0.4, 0.5) is 13.2 Å². The van der Waals surface area contributed by atoms with Crippen molar-refractivity contribution < 1.29 is 22.7 Å². The van der Waals surface area contributed by atoms with Crippen LogP contribution in [0.3, 0.4) is 0 Å². The fourth-order valence-corrected chi connectivity index (χ4v) is 1.71. The molecule has 0 radical (unpaired) electrons. The molecule has 0 heterocycles. The lowest BCUT2D eigenvalue weighted by Crippen LogP contribution is -2.12. The molecule has 0 saturated carbocycles. The highest BCUT2D eigenvalue weighted by molar-refractivity contribution is 5.69. The van der Waals surface area contributed by atoms with Crippen LogP contribution in [-0.2, 0) is 15.7 Å². The Morgan fingerprint density at radius 3 is 2.58 bits per heavy atom. The van der Waals surface area contributed by atoms with Crippen molar-refractivity contribution in [1.82, 2.24) is 0 Å². The molecule has 0 spiro atoms. The molecule has 6 heteroatoms. The van der Waals surface area contributed by atoms with Crippen LogP contribution < -0.4 is 0 Å². The number of rotatable bonds is 4. The van der Waals surface area contributed by atoms with Crippen LogP contribution >= 0.6 is 0 Å². The summed E-state index contributed by atoms with van der Waals surface area (Å²) in [6.45, 7) is 0. The van der Waals surface area contributed by atoms with Gasteiger partial charge in [0.15, 0.2) is 0 Å². The Hall–Kier alpha value is -2.03. The van der Waals surface area contributed by atoms with E-state index in [1.54, 1.807) is 6.07 Å². The van der Waals surface area contributed by atoms with Gasteiger partial charge in [-0.15, -0.1) is 0 Å². The molecule has 0 aliphatic carbocycles. The van der Waals surface area contributed by atoms with Crippen molar-refractivity contribution in [2.45, 2.75) is 24.9 Å². The standard InChI is InChI=1S/C13H12F3NO2/c1-19-12(18)7-6-9(8-17)10-4-2-3-5-11(10)13(14,15)16/h2-5,9H,6-7H2,1H3. The van der Waals surface area contributed by atoms with Crippen molar-refractivity contribution in [3.8, 4) is 6.07 Å². The molecule has 1 aromatic rings. The fourth-order valence-electron chi connectivity index (χ4n) is 1.71. The van der Waals surface area contributed by atoms with E-state index in [1.807, 2.05) is 0 Å². The molecule has 0 aromatic heterocycles. The first-order chi connectivity index (χ1) is 8.90. The maximum atomic E-state index is 12.8. The molecule has 102 valence electrons. The van der Waals surface area contributed by atoms with E-state index in [1.165, 1.54) is 25.3 Å². The fraction of sp³-hybridized carbons (Fsp3) is 0.385. The van der Waals surface area contributed by atoms with Gasteiger partial charge in [-0.1, -0.05) is 18.2 Å². The van der Waals surface area contributed by atoms with Gasteiger partial charge in [-0.25, -0.2) is 0 Å². The Labute approximate surface area is 108 Å². The first kappa shape index (κ1) is 15.0. The number of nitrogens with zero attached hydrogens (tertiary/aromatic N) is 1. The lowest BCUT2D eigenvalue weighted by Gasteiger charge is -2.16. The van der Waals surface area contributed by atoms with Crippen LogP contribution in [0.2, 0.25) is 0 Å². The second kappa shape index (κ2) is 6.23. The number of carbonyl (C=O) groups excluding carboxylic acids is 1. The molecule has 0 amide bonds. The van der Waals surface area contributed by atoms with Crippen molar-refractivity contribution in [1.29, 1.82) is 5.26 Å². The Balaban J connectivity index is 3.00. The number of halogens is 3. The molecule has 1 atom stereocenters. The second-order valence-corrected chi connectivity index (χ2v) is 3.88. The van der Waals surface area contributed by atoms with E-state index >= 15 is 0 Å². The van der Waals surface area contributed by atoms with Crippen LogP contribution in [0.15, 0.2) is 24.3 Å². The molecule has 0 saturated heterocycles. The largest absolute Gasteiger partial charge is 0.469 e. The third kappa shape index (κ3) is 3.98. The van der Waals surface area contributed by atoms with Crippen LogP contribution in [-0.4, -0.2) is 13.1 Å². The van der Waals surface area contributed by atoms with Crippen LogP contribution in [0, 0.1) is 11.3 Å². The van der Waals surface area contributed by atoms with Gasteiger partial charge in [-0.2, -0.15) is 18.4 Å². The summed E-state index contributed by atoms with van der Waals surface area (Å²) < 4.78 is 42.8. The average molecular weight is 271 g/mol. The third-order valence-electron chi connectivity index (χ3n) is 2.66. The van der Waals surface area contributed by atoms with E-state index in [0.29, 0.717) is 0 Å². The summed E-state index contributed by atoms with van der Waals surface area (Å²) in [7, 11) is 1.19. The minimum absolute atomic E-state index is 0.00370. The van der Waals surface area contributed by atoms with Crippen molar-refractivity contribution in [3.63, 3.8) is 0 Å². The van der Waals surface area contributed by atoms with Crippen molar-refractivity contribution in [2.75, 3.05) is 7.11 Å². The molecule has 1 aromatic carbocycles. The van der Waals surface area contributed by atoms with Crippen LogP contribution in [0.1, 0.15) is 29.9 Å². The lowest BCUT2D eigenvalue weighted by molar-refractivity contribution is -0.140. The van der Waals surface area contributed by atoms with Gasteiger partial charge >= 0.3 is 12.1 Å². The third-order valence-corrected chi connectivity index (χ3v) is 2.66. The molecular formula is C13H12F3NO2. The van der Waals surface area contributed by atoms with Gasteiger partial charge in [0.2, 0.25) is 0 Å². The lowest BCUT2D eigenvalue weighted by atomic mass is 9.91. The maximum absolute atomic E-state index is 12.8. The number of hydrogen-bond donors (Lipinski definition) is 0. The zero-order chi connectivity index (χ0) is 14.5. The Bertz CT molecular complexity index is 491. The van der Waals surface area contributed by atoms with Gasteiger partial charge in [0.25, 0.3) is 0 Å². The first-order valence-electron chi connectivity index (χ1n) is 5.52. The van der Waals surface area contributed by atoms with Gasteiger partial charge in [0.05, 0.1) is 24.7 Å². The molecule has 1 rings (SSSR count). The Morgan fingerprint density at radius 1 is 1.42 bits per heavy atom. The Kier molecular flexibility index (Phi) is 4.93. The van der Waals surface area contributed by atoms with E-state index in [-0.39, 0.29) is 18.4 Å². The summed E-state index contributed by atoms with van der Waals surface area (Å²) in [5, 5.41) is 8.99. The van der Waals surface area contributed by atoms with Gasteiger partial charge < -0.3 is 4.74 Å². The van der Waals surface area contributed by atoms with Gasteiger partial charge in [-0.05, 0) is 18.1 Å². The molecule has 0 bridgehead atoms. The van der Waals surface area contributed by atoms with Crippen molar-refractivity contribution in [2.24, 2.45) is 0 Å². The van der Waals surface area contributed by atoms with Gasteiger partial charge in [-0.3, -0.25) is 4.79 Å². The van der Waals surface area contributed by atoms with E-state index in [9.17, 15) is 18.0 Å². The smallest absolute Gasteiger partial charge is 0.416 e. The quantitative estimate of drug-likeness (QED) is 0.790. The van der Waals surface area contributed by atoms with Crippen molar-refractivity contribution in [3.05, 3.63) is 35.4 Å². The molecule has 3 nitrogen and oxygen atoms in total. The summed E-state index contributed by atoms with van der Waals surface area (Å²) in [4.78, 5) is 11.0. The summed E-state index contributed by atoms with van der Waals surface area (Å²) in [6.07, 6.45) is -4.62. The molecule has 19 heavy (non-hydrogen) atoms. The van der Waals surface area contributed by atoms with Gasteiger partial charge in [0, 0.05) is 6.42 Å². The van der Waals surface area contributed by atoms with E-state index < -0.39 is 23.6 Å². The molecule has 0 aliphatic heterocycles. The highest BCUT2D eigenvalue weighted by Crippen LogP contribution is 2.36. The summed E-state index contributed by atoms with van der Waals surface area (Å²) in [5.41, 5.74) is -0.951. The number of methoxy groups -OCH3 is 1. The monoisotopic (exact) mass is 271 g/mol. The number of nitriles is 1. The topological polar surface area (TPSA) is 50.1 Å². The molecule has 0 fully saturated rings. The number of carbonyl (C=O) groups is 1. The zero-order valence-electron chi connectivity index (χ0n) is 10.2.